The Labute approximate surface area is 139 Å². The van der Waals surface area contributed by atoms with Crippen LogP contribution < -0.4 is 4.74 Å². The van der Waals surface area contributed by atoms with E-state index in [0.29, 0.717) is 27.8 Å². The number of benzene rings is 2. The molecule has 3 aromatic rings. The van der Waals surface area contributed by atoms with Crippen LogP contribution in [0.1, 0.15) is 40.9 Å². The fourth-order valence-electron chi connectivity index (χ4n) is 3.71. The van der Waals surface area contributed by atoms with Crippen molar-refractivity contribution in [1.82, 2.24) is 4.57 Å². The first kappa shape index (κ1) is 14.9. The van der Waals surface area contributed by atoms with Crippen molar-refractivity contribution in [3.05, 3.63) is 65.1 Å². The molecule has 0 radical (unpaired) electrons. The summed E-state index contributed by atoms with van der Waals surface area (Å²) in [4.78, 5) is 13.2. The van der Waals surface area contributed by atoms with Gasteiger partial charge in [-0.05, 0) is 42.7 Å². The molecule has 1 aliphatic heterocycles. The fraction of sp³-hybridized carbons (Fsp3) is 0.250. The monoisotopic (exact) mass is 323 g/mol. The van der Waals surface area contributed by atoms with Crippen LogP contribution in [0.2, 0.25) is 0 Å². The Bertz CT molecular complexity index is 940. The van der Waals surface area contributed by atoms with Crippen LogP contribution in [-0.4, -0.2) is 17.5 Å². The van der Waals surface area contributed by atoms with Crippen LogP contribution in [0.15, 0.2) is 42.5 Å². The predicted octanol–water partition coefficient (Wildman–Crippen LogP) is 4.53. The number of methoxy groups -OCH3 is 1. The number of para-hydroxylation sites is 1. The molecule has 0 spiro atoms. The van der Waals surface area contributed by atoms with Gasteiger partial charge < -0.3 is 9.30 Å². The second-order valence-electron chi connectivity index (χ2n) is 6.30. The van der Waals surface area contributed by atoms with Crippen LogP contribution in [0.5, 0.6) is 5.75 Å². The number of carbonyl (C=O) groups is 1. The van der Waals surface area contributed by atoms with Crippen molar-refractivity contribution in [3.8, 4) is 5.75 Å². The van der Waals surface area contributed by atoms with E-state index < -0.39 is 0 Å². The highest BCUT2D eigenvalue weighted by molar-refractivity contribution is 6.18. The quantitative estimate of drug-likeness (QED) is 0.663. The molecule has 2 aromatic carbocycles. The minimum atomic E-state index is -0.267. The van der Waals surface area contributed by atoms with E-state index in [1.807, 2.05) is 10.6 Å². The normalized spacial score (nSPS) is 16.4. The molecule has 4 heteroatoms. The number of halogens is 1. The Kier molecular flexibility index (Phi) is 3.41. The molecular weight excluding hydrogens is 305 g/mol. The highest BCUT2D eigenvalue weighted by atomic mass is 19.1. The van der Waals surface area contributed by atoms with Crippen molar-refractivity contribution < 1.29 is 13.9 Å². The zero-order chi connectivity index (χ0) is 16.8. The smallest absolute Gasteiger partial charge is 0.195 e. The first-order valence-electron chi connectivity index (χ1n) is 8.11. The maximum absolute atomic E-state index is 14.4. The number of aromatic nitrogens is 1. The molecule has 0 bridgehead atoms. The highest BCUT2D eigenvalue weighted by Gasteiger charge is 2.31. The lowest BCUT2D eigenvalue weighted by molar-refractivity contribution is 0.103. The molecular formula is C20H18FNO2. The Morgan fingerprint density at radius 2 is 1.96 bits per heavy atom. The van der Waals surface area contributed by atoms with E-state index in [-0.39, 0.29) is 17.5 Å². The van der Waals surface area contributed by atoms with Crippen LogP contribution in [-0.2, 0) is 6.54 Å². The Hall–Kier alpha value is -2.62. The van der Waals surface area contributed by atoms with Gasteiger partial charge in [-0.3, -0.25) is 4.79 Å². The lowest BCUT2D eigenvalue weighted by atomic mass is 9.95. The molecule has 1 aromatic heterocycles. The van der Waals surface area contributed by atoms with Crippen LogP contribution in [0.25, 0.3) is 10.9 Å². The van der Waals surface area contributed by atoms with E-state index >= 15 is 0 Å². The number of ketones is 1. The zero-order valence-electron chi connectivity index (χ0n) is 13.7. The summed E-state index contributed by atoms with van der Waals surface area (Å²) in [5.74, 6) is 0.624. The second kappa shape index (κ2) is 5.48. The minimum absolute atomic E-state index is 0.0595. The molecule has 1 atom stereocenters. The van der Waals surface area contributed by atoms with E-state index in [9.17, 15) is 9.18 Å². The van der Waals surface area contributed by atoms with Crippen molar-refractivity contribution >= 4 is 16.7 Å². The third kappa shape index (κ3) is 2.06. The van der Waals surface area contributed by atoms with Gasteiger partial charge >= 0.3 is 0 Å². The molecule has 0 amide bonds. The first-order chi connectivity index (χ1) is 11.6. The summed E-state index contributed by atoms with van der Waals surface area (Å²) < 4.78 is 21.5. The Balaban J connectivity index is 1.94. The number of hydrogen-bond donors (Lipinski definition) is 0. The van der Waals surface area contributed by atoms with Crippen LogP contribution >= 0.6 is 0 Å². The number of hydrogen-bond acceptors (Lipinski definition) is 2. The summed E-state index contributed by atoms with van der Waals surface area (Å²) >= 11 is 0. The summed E-state index contributed by atoms with van der Waals surface area (Å²) in [6, 6.07) is 12.0. The molecule has 0 fully saturated rings. The summed E-state index contributed by atoms with van der Waals surface area (Å²) in [5.41, 5.74) is 2.73. The Morgan fingerprint density at radius 3 is 2.67 bits per heavy atom. The molecule has 0 saturated carbocycles. The Morgan fingerprint density at radius 1 is 1.21 bits per heavy atom. The van der Waals surface area contributed by atoms with Gasteiger partial charge in [0, 0.05) is 23.2 Å². The van der Waals surface area contributed by atoms with Crippen molar-refractivity contribution in [2.24, 2.45) is 0 Å². The van der Waals surface area contributed by atoms with Gasteiger partial charge in [-0.25, -0.2) is 4.39 Å². The third-order valence-electron chi connectivity index (χ3n) is 4.90. The summed E-state index contributed by atoms with van der Waals surface area (Å²) in [6.45, 7) is 2.85. The zero-order valence-corrected chi connectivity index (χ0v) is 13.7. The van der Waals surface area contributed by atoms with E-state index in [1.165, 1.54) is 6.07 Å². The third-order valence-corrected chi connectivity index (χ3v) is 4.90. The number of fused-ring (bicyclic) bond motifs is 3. The topological polar surface area (TPSA) is 31.2 Å². The lowest BCUT2D eigenvalue weighted by Crippen LogP contribution is -2.05. The highest BCUT2D eigenvalue weighted by Crippen LogP contribution is 2.40. The van der Waals surface area contributed by atoms with E-state index in [2.05, 4.69) is 6.92 Å². The van der Waals surface area contributed by atoms with Crippen LogP contribution in [0.3, 0.4) is 0 Å². The first-order valence-corrected chi connectivity index (χ1v) is 8.11. The molecule has 4 rings (SSSR count). The van der Waals surface area contributed by atoms with Gasteiger partial charge in [-0.15, -0.1) is 0 Å². The largest absolute Gasteiger partial charge is 0.497 e. The summed E-state index contributed by atoms with van der Waals surface area (Å²) in [5, 5.41) is 0.706. The van der Waals surface area contributed by atoms with Gasteiger partial charge in [0.25, 0.3) is 0 Å². The van der Waals surface area contributed by atoms with Gasteiger partial charge in [0.1, 0.15) is 11.6 Å². The molecule has 0 N–H and O–H groups in total. The SMILES string of the molecule is COc1ccc(C(=O)c2c3n(c4c(F)cccc24)CCC3C)cc1. The van der Waals surface area contributed by atoms with Crippen molar-refractivity contribution in [2.45, 2.75) is 25.8 Å². The van der Waals surface area contributed by atoms with Gasteiger partial charge in [0.2, 0.25) is 0 Å². The maximum Gasteiger partial charge on any atom is 0.195 e. The number of aryl methyl sites for hydroxylation is 1. The van der Waals surface area contributed by atoms with Crippen molar-refractivity contribution in [1.29, 1.82) is 0 Å². The van der Waals surface area contributed by atoms with E-state index in [1.54, 1.807) is 37.4 Å². The fourth-order valence-corrected chi connectivity index (χ4v) is 3.71. The number of carbonyl (C=O) groups excluding carboxylic acids is 1. The van der Waals surface area contributed by atoms with Gasteiger partial charge in [0.05, 0.1) is 18.2 Å². The maximum atomic E-state index is 14.4. The molecule has 0 saturated heterocycles. The molecule has 1 unspecified atom stereocenters. The summed E-state index contributed by atoms with van der Waals surface area (Å²) in [6.07, 6.45) is 0.933. The van der Waals surface area contributed by atoms with Crippen molar-refractivity contribution in [2.75, 3.05) is 7.11 Å². The van der Waals surface area contributed by atoms with E-state index in [4.69, 9.17) is 4.74 Å². The van der Waals surface area contributed by atoms with E-state index in [0.717, 1.165) is 18.7 Å². The van der Waals surface area contributed by atoms with Crippen LogP contribution in [0, 0.1) is 5.82 Å². The van der Waals surface area contributed by atoms with Gasteiger partial charge in [0.15, 0.2) is 5.78 Å². The van der Waals surface area contributed by atoms with Gasteiger partial charge in [-0.2, -0.15) is 0 Å². The minimum Gasteiger partial charge on any atom is -0.497 e. The number of rotatable bonds is 3. The molecule has 122 valence electrons. The molecule has 3 nitrogen and oxygen atoms in total. The van der Waals surface area contributed by atoms with Gasteiger partial charge in [-0.1, -0.05) is 19.1 Å². The molecule has 2 heterocycles. The second-order valence-corrected chi connectivity index (χ2v) is 6.30. The lowest BCUT2D eigenvalue weighted by Gasteiger charge is -2.07. The number of ether oxygens (including phenoxy) is 1. The molecule has 1 aliphatic rings. The van der Waals surface area contributed by atoms with Crippen molar-refractivity contribution in [3.63, 3.8) is 0 Å². The molecule has 0 aliphatic carbocycles. The number of nitrogens with zero attached hydrogens (tertiary/aromatic N) is 1. The average Bonchev–Trinajstić information content (AvgIpc) is 3.13. The molecule has 24 heavy (non-hydrogen) atoms. The average molecular weight is 323 g/mol. The summed E-state index contributed by atoms with van der Waals surface area (Å²) in [7, 11) is 1.59. The predicted molar refractivity (Wildman–Crippen MR) is 91.4 cm³/mol. The standard InChI is InChI=1S/C20H18FNO2/c1-12-10-11-22-18(12)17(15-4-3-5-16(21)19(15)22)20(23)13-6-8-14(24-2)9-7-13/h3-9,12H,10-11H2,1-2H3. The van der Waals surface area contributed by atoms with Crippen LogP contribution in [0.4, 0.5) is 4.39 Å².